The number of nitrogens with one attached hydrogen (secondary N) is 1. The number of nitrogens with zero attached hydrogens (tertiary/aromatic N) is 1. The molecule has 0 unspecified atom stereocenters. The largest absolute Gasteiger partial charge is 0.508 e. The zero-order valence-electron chi connectivity index (χ0n) is 7.95. The third kappa shape index (κ3) is 1.85. The molecule has 1 aromatic carbocycles. The van der Waals surface area contributed by atoms with Crippen molar-refractivity contribution in [1.29, 1.82) is 0 Å². The van der Waals surface area contributed by atoms with Gasteiger partial charge in [-0.3, -0.25) is 0 Å². The van der Waals surface area contributed by atoms with Gasteiger partial charge in [0.1, 0.15) is 11.6 Å². The van der Waals surface area contributed by atoms with Crippen molar-refractivity contribution in [3.8, 4) is 5.75 Å². The number of aromatic amines is 1. The predicted molar refractivity (Wildman–Crippen MR) is 59.8 cm³/mol. The second-order valence-corrected chi connectivity index (χ2v) is 4.11. The number of imidazole rings is 1. The van der Waals surface area contributed by atoms with Crippen LogP contribution >= 0.6 is 11.8 Å². The van der Waals surface area contributed by atoms with Crippen LogP contribution in [0.25, 0.3) is 11.0 Å². The lowest BCUT2D eigenvalue weighted by atomic mass is 10.3. The Balaban J connectivity index is 2.32. The molecule has 1 aromatic heterocycles. The summed E-state index contributed by atoms with van der Waals surface area (Å²) < 4.78 is 0. The molecule has 2 aromatic rings. The Kier molecular flexibility index (Phi) is 2.63. The fourth-order valence-electron chi connectivity index (χ4n) is 1.37. The molecule has 0 radical (unpaired) electrons. The highest BCUT2D eigenvalue weighted by Gasteiger charge is 2.02. The Morgan fingerprint density at radius 3 is 3.14 bits per heavy atom. The Morgan fingerprint density at radius 1 is 1.50 bits per heavy atom. The van der Waals surface area contributed by atoms with Crippen molar-refractivity contribution < 1.29 is 5.11 Å². The van der Waals surface area contributed by atoms with Crippen molar-refractivity contribution in [3.05, 3.63) is 24.0 Å². The quantitative estimate of drug-likeness (QED) is 0.812. The van der Waals surface area contributed by atoms with E-state index in [0.29, 0.717) is 0 Å². The summed E-state index contributed by atoms with van der Waals surface area (Å²) in [5.74, 6) is 2.32. The minimum Gasteiger partial charge on any atom is -0.508 e. The second kappa shape index (κ2) is 3.92. The number of aromatic hydroxyl groups is 1. The molecule has 0 fully saturated rings. The van der Waals surface area contributed by atoms with E-state index in [2.05, 4.69) is 16.2 Å². The standard InChI is InChI=1S/C10H12N2OS/c1-14-5-4-10-11-8-3-2-7(13)6-9(8)12-10/h2-3,6,13H,4-5H2,1H3,(H,11,12). The van der Waals surface area contributed by atoms with E-state index in [1.165, 1.54) is 0 Å². The molecule has 3 nitrogen and oxygen atoms in total. The van der Waals surface area contributed by atoms with Crippen LogP contribution in [0.5, 0.6) is 5.75 Å². The molecule has 0 atom stereocenters. The number of phenols is 1. The SMILES string of the molecule is CSCCc1nc2ccc(O)cc2[nH]1. The van der Waals surface area contributed by atoms with E-state index in [4.69, 9.17) is 0 Å². The molecule has 0 aliphatic heterocycles. The minimum atomic E-state index is 0.276. The van der Waals surface area contributed by atoms with Gasteiger partial charge in [0.25, 0.3) is 0 Å². The summed E-state index contributed by atoms with van der Waals surface area (Å²) in [7, 11) is 0. The summed E-state index contributed by atoms with van der Waals surface area (Å²) in [6.07, 6.45) is 3.02. The first-order chi connectivity index (χ1) is 6.79. The average molecular weight is 208 g/mol. The lowest BCUT2D eigenvalue weighted by Gasteiger charge is -1.91. The van der Waals surface area contributed by atoms with Gasteiger partial charge in [-0.25, -0.2) is 4.98 Å². The van der Waals surface area contributed by atoms with Crippen LogP contribution in [0.15, 0.2) is 18.2 Å². The van der Waals surface area contributed by atoms with Crippen LogP contribution in [-0.2, 0) is 6.42 Å². The van der Waals surface area contributed by atoms with Gasteiger partial charge < -0.3 is 10.1 Å². The first-order valence-electron chi connectivity index (χ1n) is 4.46. The van der Waals surface area contributed by atoms with E-state index >= 15 is 0 Å². The first-order valence-corrected chi connectivity index (χ1v) is 5.85. The number of thioether (sulfide) groups is 1. The van der Waals surface area contributed by atoms with Crippen molar-refractivity contribution in [2.45, 2.75) is 6.42 Å². The van der Waals surface area contributed by atoms with Crippen LogP contribution in [-0.4, -0.2) is 27.1 Å². The lowest BCUT2D eigenvalue weighted by Crippen LogP contribution is -1.89. The van der Waals surface area contributed by atoms with Crippen molar-refractivity contribution in [3.63, 3.8) is 0 Å². The highest BCUT2D eigenvalue weighted by molar-refractivity contribution is 7.98. The van der Waals surface area contributed by atoms with Crippen LogP contribution in [0.4, 0.5) is 0 Å². The smallest absolute Gasteiger partial charge is 0.117 e. The maximum Gasteiger partial charge on any atom is 0.117 e. The van der Waals surface area contributed by atoms with E-state index in [9.17, 15) is 5.11 Å². The summed E-state index contributed by atoms with van der Waals surface area (Å²) >= 11 is 1.80. The summed E-state index contributed by atoms with van der Waals surface area (Å²) in [5.41, 5.74) is 1.82. The van der Waals surface area contributed by atoms with Gasteiger partial charge in [0.2, 0.25) is 0 Å². The van der Waals surface area contributed by atoms with Crippen molar-refractivity contribution >= 4 is 22.8 Å². The van der Waals surface area contributed by atoms with Crippen LogP contribution in [0, 0.1) is 0 Å². The molecule has 1 heterocycles. The lowest BCUT2D eigenvalue weighted by molar-refractivity contribution is 0.476. The molecule has 0 aliphatic rings. The van der Waals surface area contributed by atoms with Crippen molar-refractivity contribution in [2.24, 2.45) is 0 Å². The van der Waals surface area contributed by atoms with Crippen LogP contribution in [0.1, 0.15) is 5.82 Å². The number of aryl methyl sites for hydroxylation is 1. The topological polar surface area (TPSA) is 48.9 Å². The summed E-state index contributed by atoms with van der Waals surface area (Å²) in [5, 5.41) is 9.26. The molecule has 2 rings (SSSR count). The Morgan fingerprint density at radius 2 is 2.36 bits per heavy atom. The summed E-state index contributed by atoms with van der Waals surface area (Å²) in [6.45, 7) is 0. The molecular formula is C10H12N2OS. The number of phenolic OH excluding ortho intramolecular Hbond substituents is 1. The maximum absolute atomic E-state index is 9.26. The number of rotatable bonds is 3. The van der Waals surface area contributed by atoms with Gasteiger partial charge in [-0.05, 0) is 18.4 Å². The molecule has 0 spiro atoms. The van der Waals surface area contributed by atoms with Crippen molar-refractivity contribution in [1.82, 2.24) is 9.97 Å². The number of benzene rings is 1. The molecule has 0 saturated heterocycles. The summed E-state index contributed by atoms with van der Waals surface area (Å²) in [4.78, 5) is 7.60. The van der Waals surface area contributed by atoms with Crippen LogP contribution in [0.2, 0.25) is 0 Å². The van der Waals surface area contributed by atoms with Gasteiger partial charge in [-0.15, -0.1) is 0 Å². The van der Waals surface area contributed by atoms with Crippen LogP contribution < -0.4 is 0 Å². The Hall–Kier alpha value is -1.16. The molecule has 14 heavy (non-hydrogen) atoms. The Labute approximate surface area is 86.6 Å². The predicted octanol–water partition coefficient (Wildman–Crippen LogP) is 2.17. The molecular weight excluding hydrogens is 196 g/mol. The normalized spacial score (nSPS) is 10.9. The molecule has 74 valence electrons. The first kappa shape index (κ1) is 9.40. The second-order valence-electron chi connectivity index (χ2n) is 3.13. The average Bonchev–Trinajstić information content (AvgIpc) is 2.56. The number of hydrogen-bond donors (Lipinski definition) is 2. The molecule has 2 N–H and O–H groups in total. The zero-order valence-corrected chi connectivity index (χ0v) is 8.77. The van der Waals surface area contributed by atoms with Gasteiger partial charge >= 0.3 is 0 Å². The minimum absolute atomic E-state index is 0.276. The molecule has 0 aliphatic carbocycles. The number of H-pyrrole nitrogens is 1. The van der Waals surface area contributed by atoms with E-state index in [0.717, 1.165) is 29.0 Å². The third-order valence-corrected chi connectivity index (χ3v) is 2.67. The van der Waals surface area contributed by atoms with Crippen molar-refractivity contribution in [2.75, 3.05) is 12.0 Å². The van der Waals surface area contributed by atoms with Gasteiger partial charge in [-0.2, -0.15) is 11.8 Å². The summed E-state index contributed by atoms with van der Waals surface area (Å²) in [6, 6.07) is 5.18. The fourth-order valence-corrected chi connectivity index (χ4v) is 1.77. The van der Waals surface area contributed by atoms with E-state index in [-0.39, 0.29) is 5.75 Å². The van der Waals surface area contributed by atoms with E-state index < -0.39 is 0 Å². The van der Waals surface area contributed by atoms with E-state index in [1.54, 1.807) is 23.9 Å². The maximum atomic E-state index is 9.26. The number of fused-ring (bicyclic) bond motifs is 1. The fraction of sp³-hybridized carbons (Fsp3) is 0.300. The highest BCUT2D eigenvalue weighted by Crippen LogP contribution is 2.17. The molecule has 4 heteroatoms. The third-order valence-electron chi connectivity index (χ3n) is 2.06. The molecule has 0 saturated carbocycles. The monoisotopic (exact) mass is 208 g/mol. The van der Waals surface area contributed by atoms with E-state index in [1.807, 2.05) is 6.07 Å². The number of aromatic nitrogens is 2. The van der Waals surface area contributed by atoms with Crippen LogP contribution in [0.3, 0.4) is 0 Å². The zero-order chi connectivity index (χ0) is 9.97. The van der Waals surface area contributed by atoms with Gasteiger partial charge in [0.05, 0.1) is 11.0 Å². The van der Waals surface area contributed by atoms with Gasteiger partial charge in [0.15, 0.2) is 0 Å². The highest BCUT2D eigenvalue weighted by atomic mass is 32.2. The van der Waals surface area contributed by atoms with Gasteiger partial charge in [0, 0.05) is 18.2 Å². The Bertz CT molecular complexity index is 439. The van der Waals surface area contributed by atoms with Gasteiger partial charge in [-0.1, -0.05) is 0 Å². The molecule has 0 bridgehead atoms. The molecule has 0 amide bonds. The number of hydrogen-bond acceptors (Lipinski definition) is 3.